The number of aromatic hydroxyl groups is 3. The van der Waals surface area contributed by atoms with Crippen molar-refractivity contribution in [3.63, 3.8) is 0 Å². The number of carbonyl (C=O) groups excluding carboxylic acids is 1. The summed E-state index contributed by atoms with van der Waals surface area (Å²) in [5.74, 6) is -1.35. The highest BCUT2D eigenvalue weighted by molar-refractivity contribution is 5.91. The van der Waals surface area contributed by atoms with Crippen molar-refractivity contribution in [3.05, 3.63) is 47.8 Å². The van der Waals surface area contributed by atoms with E-state index in [-0.39, 0.29) is 46.1 Å². The lowest BCUT2D eigenvalue weighted by Gasteiger charge is -2.14. The topological polar surface area (TPSA) is 134 Å². The fourth-order valence-corrected chi connectivity index (χ4v) is 2.74. The van der Waals surface area contributed by atoms with Gasteiger partial charge in [0.25, 0.3) is 5.91 Å². The maximum absolute atomic E-state index is 11.8. The highest BCUT2D eigenvalue weighted by Gasteiger charge is 2.24. The van der Waals surface area contributed by atoms with Crippen LogP contribution in [0.2, 0.25) is 0 Å². The molecule has 0 saturated carbocycles. The van der Waals surface area contributed by atoms with E-state index in [1.54, 1.807) is 24.3 Å². The van der Waals surface area contributed by atoms with E-state index in [2.05, 4.69) is 10.2 Å². The third kappa shape index (κ3) is 2.81. The number of benzene rings is 2. The molecule has 3 rings (SSSR count). The molecule has 0 atom stereocenters. The second-order valence-corrected chi connectivity index (χ2v) is 6.12. The zero-order valence-corrected chi connectivity index (χ0v) is 14.2. The summed E-state index contributed by atoms with van der Waals surface area (Å²) in [5, 5.41) is 38.3. The number of nitrogens with two attached hydrogens (primary N) is 1. The Morgan fingerprint density at radius 2 is 1.73 bits per heavy atom. The predicted molar refractivity (Wildman–Crippen MR) is 94.4 cm³/mol. The van der Waals surface area contributed by atoms with Crippen LogP contribution in [0.5, 0.6) is 17.2 Å². The molecule has 1 amide bonds. The molecule has 0 aliphatic heterocycles. The first-order chi connectivity index (χ1) is 12.3. The largest absolute Gasteiger partial charge is 0.508 e. The summed E-state index contributed by atoms with van der Waals surface area (Å²) in [5.41, 5.74) is 6.46. The van der Waals surface area contributed by atoms with E-state index in [4.69, 9.17) is 5.73 Å². The highest BCUT2D eigenvalue weighted by Crippen LogP contribution is 2.38. The zero-order valence-electron chi connectivity index (χ0n) is 14.2. The van der Waals surface area contributed by atoms with Gasteiger partial charge in [-0.3, -0.25) is 9.36 Å². The number of carbonyl (C=O) groups is 1. The number of aromatic nitrogens is 3. The summed E-state index contributed by atoms with van der Waals surface area (Å²) in [6.45, 7) is 3.77. The number of primary amides is 1. The van der Waals surface area contributed by atoms with Gasteiger partial charge in [0.15, 0.2) is 5.82 Å². The summed E-state index contributed by atoms with van der Waals surface area (Å²) in [4.78, 5) is 11.8. The molecule has 0 unspecified atom stereocenters. The Labute approximate surface area is 149 Å². The van der Waals surface area contributed by atoms with Crippen molar-refractivity contribution in [1.82, 2.24) is 14.8 Å². The second-order valence-electron chi connectivity index (χ2n) is 6.12. The zero-order chi connectivity index (χ0) is 19.0. The van der Waals surface area contributed by atoms with Gasteiger partial charge >= 0.3 is 0 Å². The van der Waals surface area contributed by atoms with E-state index in [0.29, 0.717) is 5.56 Å². The minimum atomic E-state index is -0.839. The number of phenols is 3. The van der Waals surface area contributed by atoms with Crippen molar-refractivity contribution in [2.75, 3.05) is 0 Å². The smallest absolute Gasteiger partial charge is 0.287 e. The van der Waals surface area contributed by atoms with Gasteiger partial charge in [0.05, 0.1) is 11.3 Å². The van der Waals surface area contributed by atoms with Gasteiger partial charge in [-0.15, -0.1) is 10.2 Å². The van der Waals surface area contributed by atoms with Crippen LogP contribution in [0.1, 0.15) is 35.9 Å². The molecule has 0 aliphatic rings. The average Bonchev–Trinajstić information content (AvgIpc) is 2.99. The Bertz CT molecular complexity index is 995. The normalized spacial score (nSPS) is 11.0. The molecule has 0 aliphatic carbocycles. The summed E-state index contributed by atoms with van der Waals surface area (Å²) in [7, 11) is 0. The quantitative estimate of drug-likeness (QED) is 0.568. The van der Waals surface area contributed by atoms with E-state index in [1.807, 2.05) is 13.8 Å². The summed E-state index contributed by atoms with van der Waals surface area (Å²) in [6, 6.07) is 9.08. The van der Waals surface area contributed by atoms with Gasteiger partial charge in [-0.25, -0.2) is 0 Å². The maximum Gasteiger partial charge on any atom is 0.287 e. The molecule has 0 fully saturated rings. The van der Waals surface area contributed by atoms with E-state index < -0.39 is 5.91 Å². The fourth-order valence-electron chi connectivity index (χ4n) is 2.74. The molecule has 0 spiro atoms. The van der Waals surface area contributed by atoms with Gasteiger partial charge in [0, 0.05) is 6.07 Å². The number of hydrogen-bond acceptors (Lipinski definition) is 6. The molecule has 0 saturated heterocycles. The van der Waals surface area contributed by atoms with Crippen molar-refractivity contribution in [1.29, 1.82) is 0 Å². The Morgan fingerprint density at radius 1 is 1.04 bits per heavy atom. The van der Waals surface area contributed by atoms with Gasteiger partial charge in [-0.05, 0) is 29.7 Å². The van der Waals surface area contributed by atoms with Crippen LogP contribution in [0, 0.1) is 0 Å². The van der Waals surface area contributed by atoms with E-state index in [9.17, 15) is 20.1 Å². The van der Waals surface area contributed by atoms with Crippen LogP contribution in [0.4, 0.5) is 0 Å². The first kappa shape index (κ1) is 17.3. The van der Waals surface area contributed by atoms with Gasteiger partial charge < -0.3 is 21.1 Å². The van der Waals surface area contributed by atoms with Crippen LogP contribution in [-0.2, 0) is 0 Å². The third-order valence-electron chi connectivity index (χ3n) is 4.01. The summed E-state index contributed by atoms with van der Waals surface area (Å²) in [6.07, 6.45) is 0. The molecule has 2 aromatic carbocycles. The van der Waals surface area contributed by atoms with Crippen molar-refractivity contribution >= 4 is 5.91 Å². The molecule has 26 heavy (non-hydrogen) atoms. The first-order valence-electron chi connectivity index (χ1n) is 7.91. The van der Waals surface area contributed by atoms with E-state index in [0.717, 1.165) is 0 Å². The third-order valence-corrected chi connectivity index (χ3v) is 4.01. The van der Waals surface area contributed by atoms with Crippen molar-refractivity contribution in [2.45, 2.75) is 19.8 Å². The molecule has 5 N–H and O–H groups in total. The van der Waals surface area contributed by atoms with Gasteiger partial charge in [0.2, 0.25) is 5.82 Å². The van der Waals surface area contributed by atoms with Crippen molar-refractivity contribution in [3.8, 4) is 34.3 Å². The van der Waals surface area contributed by atoms with Gasteiger partial charge in [0.1, 0.15) is 17.2 Å². The molecular formula is C18H18N4O4. The first-order valence-corrected chi connectivity index (χ1v) is 7.91. The monoisotopic (exact) mass is 354 g/mol. The lowest BCUT2D eigenvalue weighted by Crippen LogP contribution is -2.18. The number of amides is 1. The van der Waals surface area contributed by atoms with E-state index in [1.165, 1.54) is 16.7 Å². The number of phenolic OH excluding ortho intramolecular Hbond substituents is 3. The molecule has 0 bridgehead atoms. The Kier molecular flexibility index (Phi) is 4.25. The Hall–Kier alpha value is -3.55. The molecule has 134 valence electrons. The Balaban J connectivity index is 2.33. The van der Waals surface area contributed by atoms with Gasteiger partial charge in [-0.1, -0.05) is 26.0 Å². The van der Waals surface area contributed by atoms with Gasteiger partial charge in [-0.2, -0.15) is 0 Å². The number of para-hydroxylation sites is 2. The highest BCUT2D eigenvalue weighted by atomic mass is 16.3. The minimum absolute atomic E-state index is 0.0218. The molecule has 1 heterocycles. The van der Waals surface area contributed by atoms with Crippen LogP contribution >= 0.6 is 0 Å². The van der Waals surface area contributed by atoms with E-state index >= 15 is 0 Å². The Morgan fingerprint density at radius 3 is 2.35 bits per heavy atom. The van der Waals surface area contributed by atoms with Crippen LogP contribution in [0.3, 0.4) is 0 Å². The van der Waals surface area contributed by atoms with Crippen molar-refractivity contribution < 1.29 is 20.1 Å². The molecule has 0 radical (unpaired) electrons. The second kappa shape index (κ2) is 6.40. The standard InChI is InChI=1S/C18H18N4O4/c1-9(2)10-7-11(15(25)8-14(10)24)17-20-21-18(16(19)26)22(17)12-5-3-4-6-13(12)23/h3-9,23-25H,1-2H3,(H2,19,26). The number of rotatable bonds is 4. The SMILES string of the molecule is CC(C)c1cc(-c2nnc(C(N)=O)n2-c2ccccc2O)c(O)cc1O. The van der Waals surface area contributed by atoms with Crippen LogP contribution < -0.4 is 5.73 Å². The molecular weight excluding hydrogens is 336 g/mol. The fraction of sp³-hybridized carbons (Fsp3) is 0.167. The van der Waals surface area contributed by atoms with Crippen LogP contribution in [0.15, 0.2) is 36.4 Å². The minimum Gasteiger partial charge on any atom is -0.508 e. The molecule has 1 aromatic heterocycles. The summed E-state index contributed by atoms with van der Waals surface area (Å²) < 4.78 is 1.27. The molecule has 8 nitrogen and oxygen atoms in total. The molecule has 8 heteroatoms. The summed E-state index contributed by atoms with van der Waals surface area (Å²) >= 11 is 0. The number of hydrogen-bond donors (Lipinski definition) is 4. The lowest BCUT2D eigenvalue weighted by atomic mass is 9.98. The van der Waals surface area contributed by atoms with Crippen LogP contribution in [0.25, 0.3) is 17.1 Å². The molecule has 3 aromatic rings. The van der Waals surface area contributed by atoms with Crippen molar-refractivity contribution in [2.24, 2.45) is 5.73 Å². The lowest BCUT2D eigenvalue weighted by molar-refractivity contribution is 0.0988. The number of nitrogens with zero attached hydrogens (tertiary/aromatic N) is 3. The average molecular weight is 354 g/mol. The maximum atomic E-state index is 11.8. The van der Waals surface area contributed by atoms with Crippen LogP contribution in [-0.4, -0.2) is 36.0 Å². The predicted octanol–water partition coefficient (Wildman–Crippen LogP) is 2.27.